The molecule has 0 aromatic carbocycles. The molecular weight excluding hydrogens is 218 g/mol. The first-order valence-electron chi connectivity index (χ1n) is 6.39. The Morgan fingerprint density at radius 2 is 2.12 bits per heavy atom. The van der Waals surface area contributed by atoms with Crippen LogP contribution < -0.4 is 5.32 Å². The van der Waals surface area contributed by atoms with Gasteiger partial charge in [-0.05, 0) is 32.7 Å². The van der Waals surface area contributed by atoms with Gasteiger partial charge in [-0.3, -0.25) is 10.1 Å². The number of imide groups is 1. The van der Waals surface area contributed by atoms with Crippen molar-refractivity contribution in [3.8, 4) is 0 Å². The lowest BCUT2D eigenvalue weighted by atomic mass is 10.1. The molecule has 1 N–H and O–H groups in total. The predicted octanol–water partition coefficient (Wildman–Crippen LogP) is 0.659. The van der Waals surface area contributed by atoms with Gasteiger partial charge in [0.25, 0.3) is 0 Å². The lowest BCUT2D eigenvalue weighted by Crippen LogP contribution is -2.51. The topological polar surface area (TPSA) is 52.6 Å². The van der Waals surface area contributed by atoms with Crippen LogP contribution in [0.3, 0.4) is 0 Å². The monoisotopic (exact) mass is 239 g/mol. The van der Waals surface area contributed by atoms with Crippen molar-refractivity contribution in [1.29, 1.82) is 0 Å². The summed E-state index contributed by atoms with van der Waals surface area (Å²) < 4.78 is 0. The minimum absolute atomic E-state index is 0.151. The molecule has 96 valence electrons. The van der Waals surface area contributed by atoms with E-state index in [-0.39, 0.29) is 11.9 Å². The number of hydrogen-bond acceptors (Lipinski definition) is 3. The van der Waals surface area contributed by atoms with E-state index in [0.717, 1.165) is 26.1 Å². The Bertz CT molecular complexity index is 317. The quantitative estimate of drug-likeness (QED) is 0.787. The predicted molar refractivity (Wildman–Crippen MR) is 64.5 cm³/mol. The maximum absolute atomic E-state index is 11.6. The average Bonchev–Trinajstić information content (AvgIpc) is 2.71. The SMILES string of the molecule is CC(C)N1CCC(CN2CCC(=O)NC2=O)C1. The normalized spacial score (nSPS) is 26.8. The summed E-state index contributed by atoms with van der Waals surface area (Å²) in [4.78, 5) is 26.8. The zero-order valence-electron chi connectivity index (χ0n) is 10.6. The first kappa shape index (κ1) is 12.4. The highest BCUT2D eigenvalue weighted by Gasteiger charge is 2.29. The van der Waals surface area contributed by atoms with Crippen molar-refractivity contribution in [1.82, 2.24) is 15.1 Å². The van der Waals surface area contributed by atoms with Gasteiger partial charge in [0, 0.05) is 32.1 Å². The van der Waals surface area contributed by atoms with Crippen LogP contribution in [-0.4, -0.2) is 54.0 Å². The van der Waals surface area contributed by atoms with Crippen molar-refractivity contribution in [2.24, 2.45) is 5.92 Å². The molecule has 2 aliphatic rings. The van der Waals surface area contributed by atoms with E-state index in [4.69, 9.17) is 0 Å². The van der Waals surface area contributed by atoms with Crippen molar-refractivity contribution in [3.63, 3.8) is 0 Å². The van der Waals surface area contributed by atoms with Gasteiger partial charge < -0.3 is 9.80 Å². The van der Waals surface area contributed by atoms with Gasteiger partial charge in [-0.15, -0.1) is 0 Å². The van der Waals surface area contributed by atoms with E-state index in [1.165, 1.54) is 0 Å². The number of carbonyl (C=O) groups excluding carboxylic acids is 2. The maximum atomic E-state index is 11.6. The second-order valence-electron chi connectivity index (χ2n) is 5.29. The highest BCUT2D eigenvalue weighted by atomic mass is 16.2. The fourth-order valence-corrected chi connectivity index (χ4v) is 2.57. The molecule has 2 heterocycles. The highest BCUT2D eigenvalue weighted by Crippen LogP contribution is 2.20. The van der Waals surface area contributed by atoms with Crippen LogP contribution in [0.2, 0.25) is 0 Å². The molecule has 0 aromatic rings. The highest BCUT2D eigenvalue weighted by molar-refractivity contribution is 5.96. The van der Waals surface area contributed by atoms with Crippen molar-refractivity contribution in [2.75, 3.05) is 26.2 Å². The average molecular weight is 239 g/mol. The zero-order valence-corrected chi connectivity index (χ0v) is 10.6. The number of nitrogens with one attached hydrogen (secondary N) is 1. The smallest absolute Gasteiger partial charge is 0.324 e. The van der Waals surface area contributed by atoms with Crippen LogP contribution in [0.15, 0.2) is 0 Å². The van der Waals surface area contributed by atoms with Gasteiger partial charge in [0.15, 0.2) is 0 Å². The number of amides is 3. The second kappa shape index (κ2) is 5.04. The van der Waals surface area contributed by atoms with Crippen molar-refractivity contribution < 1.29 is 9.59 Å². The van der Waals surface area contributed by atoms with E-state index < -0.39 is 0 Å². The largest absolute Gasteiger partial charge is 0.324 e. The van der Waals surface area contributed by atoms with Crippen molar-refractivity contribution in [2.45, 2.75) is 32.7 Å². The summed E-state index contributed by atoms with van der Waals surface area (Å²) in [6.45, 7) is 7.95. The third-order valence-corrected chi connectivity index (χ3v) is 3.67. The number of hydrogen-bond donors (Lipinski definition) is 1. The number of likely N-dealkylation sites (tertiary alicyclic amines) is 1. The molecule has 17 heavy (non-hydrogen) atoms. The van der Waals surface area contributed by atoms with Gasteiger partial charge >= 0.3 is 6.03 Å². The second-order valence-corrected chi connectivity index (χ2v) is 5.29. The zero-order chi connectivity index (χ0) is 12.4. The number of carbonyl (C=O) groups is 2. The van der Waals surface area contributed by atoms with E-state index in [2.05, 4.69) is 24.1 Å². The Kier molecular flexibility index (Phi) is 3.66. The minimum atomic E-state index is -0.218. The molecule has 0 aromatic heterocycles. The maximum Gasteiger partial charge on any atom is 0.324 e. The van der Waals surface area contributed by atoms with E-state index in [0.29, 0.717) is 24.9 Å². The molecule has 0 bridgehead atoms. The minimum Gasteiger partial charge on any atom is -0.324 e. The summed E-state index contributed by atoms with van der Waals surface area (Å²) in [5.41, 5.74) is 0. The fraction of sp³-hybridized carbons (Fsp3) is 0.833. The van der Waals surface area contributed by atoms with E-state index in [9.17, 15) is 9.59 Å². The molecule has 0 radical (unpaired) electrons. The molecular formula is C12H21N3O2. The molecule has 2 aliphatic heterocycles. The molecule has 3 amide bonds. The van der Waals surface area contributed by atoms with Crippen LogP contribution in [0.4, 0.5) is 4.79 Å². The Hall–Kier alpha value is -1.10. The molecule has 2 fully saturated rings. The summed E-state index contributed by atoms with van der Waals surface area (Å²) in [5.74, 6) is 0.401. The summed E-state index contributed by atoms with van der Waals surface area (Å²) in [6, 6.07) is 0.362. The summed E-state index contributed by atoms with van der Waals surface area (Å²) in [6.07, 6.45) is 1.59. The van der Waals surface area contributed by atoms with Gasteiger partial charge in [-0.2, -0.15) is 0 Å². The standard InChI is InChI=1S/C12H21N3O2/c1-9(2)14-5-3-10(7-14)8-15-6-4-11(16)13-12(15)17/h9-10H,3-8H2,1-2H3,(H,13,16,17). The Balaban J connectivity index is 1.82. The Morgan fingerprint density at radius 3 is 2.71 bits per heavy atom. The number of urea groups is 1. The van der Waals surface area contributed by atoms with Crippen LogP contribution in [0, 0.1) is 5.92 Å². The van der Waals surface area contributed by atoms with Gasteiger partial charge in [0.05, 0.1) is 0 Å². The van der Waals surface area contributed by atoms with Gasteiger partial charge in [-0.25, -0.2) is 4.79 Å². The van der Waals surface area contributed by atoms with Gasteiger partial charge in [0.1, 0.15) is 0 Å². The van der Waals surface area contributed by atoms with Crippen LogP contribution in [0.1, 0.15) is 26.7 Å². The summed E-state index contributed by atoms with van der Waals surface area (Å²) in [5, 5.41) is 2.37. The van der Waals surface area contributed by atoms with Crippen molar-refractivity contribution in [3.05, 3.63) is 0 Å². The van der Waals surface area contributed by atoms with E-state index >= 15 is 0 Å². The summed E-state index contributed by atoms with van der Waals surface area (Å²) >= 11 is 0. The molecule has 5 nitrogen and oxygen atoms in total. The van der Waals surface area contributed by atoms with Gasteiger partial charge in [-0.1, -0.05) is 0 Å². The lowest BCUT2D eigenvalue weighted by Gasteiger charge is -2.29. The molecule has 5 heteroatoms. The molecule has 0 aliphatic carbocycles. The first-order chi connectivity index (χ1) is 8.06. The molecule has 1 unspecified atom stereocenters. The lowest BCUT2D eigenvalue weighted by molar-refractivity contribution is -0.121. The molecule has 0 saturated carbocycles. The molecule has 2 rings (SSSR count). The van der Waals surface area contributed by atoms with Gasteiger partial charge in [0.2, 0.25) is 5.91 Å². The third-order valence-electron chi connectivity index (χ3n) is 3.67. The molecule has 1 atom stereocenters. The molecule has 0 spiro atoms. The van der Waals surface area contributed by atoms with E-state index in [1.807, 2.05) is 0 Å². The first-order valence-corrected chi connectivity index (χ1v) is 6.39. The van der Waals surface area contributed by atoms with Crippen molar-refractivity contribution >= 4 is 11.9 Å². The number of nitrogens with zero attached hydrogens (tertiary/aromatic N) is 2. The molecule has 2 saturated heterocycles. The number of rotatable bonds is 3. The van der Waals surface area contributed by atoms with Crippen LogP contribution >= 0.6 is 0 Å². The van der Waals surface area contributed by atoms with Crippen LogP contribution in [0.25, 0.3) is 0 Å². The Labute approximate surface area is 102 Å². The third kappa shape index (κ3) is 2.97. The Morgan fingerprint density at radius 1 is 1.35 bits per heavy atom. The van der Waals surface area contributed by atoms with E-state index in [1.54, 1.807) is 4.90 Å². The van der Waals surface area contributed by atoms with Crippen LogP contribution in [0.5, 0.6) is 0 Å². The van der Waals surface area contributed by atoms with Crippen LogP contribution in [-0.2, 0) is 4.79 Å². The fourth-order valence-electron chi connectivity index (χ4n) is 2.57. The summed E-state index contributed by atoms with van der Waals surface area (Å²) in [7, 11) is 0.